The van der Waals surface area contributed by atoms with Crippen molar-refractivity contribution in [3.8, 4) is 0 Å². The lowest BCUT2D eigenvalue weighted by Crippen LogP contribution is -2.27. The van der Waals surface area contributed by atoms with E-state index < -0.39 is 0 Å². The Hall–Kier alpha value is -2.13. The predicted molar refractivity (Wildman–Crippen MR) is 87.4 cm³/mol. The summed E-state index contributed by atoms with van der Waals surface area (Å²) < 4.78 is 0. The van der Waals surface area contributed by atoms with Crippen LogP contribution in [0.4, 0.5) is 0 Å². The van der Waals surface area contributed by atoms with Gasteiger partial charge in [-0.25, -0.2) is 4.98 Å². The second-order valence-corrected chi connectivity index (χ2v) is 6.17. The smallest absolute Gasteiger partial charge is 0.111 e. The van der Waals surface area contributed by atoms with Crippen molar-refractivity contribution in [2.45, 2.75) is 25.7 Å². The molecule has 0 radical (unpaired) electrons. The zero-order chi connectivity index (χ0) is 14.9. The first-order valence-electron chi connectivity index (χ1n) is 7.31. The van der Waals surface area contributed by atoms with Crippen LogP contribution in [0.3, 0.4) is 0 Å². The van der Waals surface area contributed by atoms with Crippen molar-refractivity contribution in [3.05, 3.63) is 65.5 Å². The number of aromatic nitrogens is 2. The normalized spacial score (nSPS) is 12.0. The number of hydrogen-bond acceptors (Lipinski definition) is 2. The highest BCUT2D eigenvalue weighted by Gasteiger charge is 2.19. The molecule has 0 spiro atoms. The Balaban J connectivity index is 1.93. The van der Waals surface area contributed by atoms with Gasteiger partial charge in [-0.3, -0.25) is 0 Å². The topological polar surface area (TPSA) is 54.7 Å². The predicted octanol–water partition coefficient (Wildman–Crippen LogP) is 3.39. The molecule has 0 atom stereocenters. The van der Waals surface area contributed by atoms with E-state index in [1.165, 1.54) is 11.1 Å². The molecule has 0 unspecified atom stereocenters. The van der Waals surface area contributed by atoms with E-state index in [0.29, 0.717) is 6.54 Å². The summed E-state index contributed by atoms with van der Waals surface area (Å²) in [5.74, 6) is 0.999. The number of nitrogens with two attached hydrogens (primary N) is 1. The lowest BCUT2D eigenvalue weighted by Gasteiger charge is -2.22. The first kappa shape index (κ1) is 13.8. The number of imidazole rings is 1. The molecule has 0 aliphatic rings. The summed E-state index contributed by atoms with van der Waals surface area (Å²) in [6.45, 7) is 4.95. The number of rotatable bonds is 4. The van der Waals surface area contributed by atoms with Crippen LogP contribution in [0.2, 0.25) is 0 Å². The quantitative estimate of drug-likeness (QED) is 0.769. The van der Waals surface area contributed by atoms with Crippen LogP contribution in [0, 0.1) is 0 Å². The van der Waals surface area contributed by atoms with E-state index in [1.54, 1.807) is 0 Å². The van der Waals surface area contributed by atoms with E-state index in [2.05, 4.69) is 66.3 Å². The summed E-state index contributed by atoms with van der Waals surface area (Å²) in [4.78, 5) is 8.10. The molecule has 0 saturated heterocycles. The molecule has 0 aliphatic carbocycles. The van der Waals surface area contributed by atoms with Crippen LogP contribution in [0.15, 0.2) is 48.5 Å². The fourth-order valence-corrected chi connectivity index (χ4v) is 2.47. The SMILES string of the molecule is CC(C)(CN)c1ccc2nc(Cc3ccccc3)[nH]c2c1. The van der Waals surface area contributed by atoms with E-state index in [9.17, 15) is 0 Å². The zero-order valence-corrected chi connectivity index (χ0v) is 12.6. The summed E-state index contributed by atoms with van der Waals surface area (Å²) in [7, 11) is 0. The average Bonchev–Trinajstić information content (AvgIpc) is 2.89. The molecule has 0 amide bonds. The van der Waals surface area contributed by atoms with Gasteiger partial charge in [0.2, 0.25) is 0 Å². The maximum atomic E-state index is 5.86. The van der Waals surface area contributed by atoms with E-state index in [0.717, 1.165) is 23.3 Å². The zero-order valence-electron chi connectivity index (χ0n) is 12.6. The molecule has 1 heterocycles. The second kappa shape index (κ2) is 5.34. The molecule has 2 aromatic carbocycles. The van der Waals surface area contributed by atoms with Crippen molar-refractivity contribution in [2.24, 2.45) is 5.73 Å². The average molecular weight is 279 g/mol. The molecule has 0 aliphatic heterocycles. The Morgan fingerprint density at radius 2 is 1.86 bits per heavy atom. The number of hydrogen-bond donors (Lipinski definition) is 2. The number of benzene rings is 2. The molecule has 0 bridgehead atoms. The molecule has 3 aromatic rings. The molecule has 108 valence electrons. The highest BCUT2D eigenvalue weighted by Crippen LogP contribution is 2.25. The molecule has 0 saturated carbocycles. The van der Waals surface area contributed by atoms with Crippen molar-refractivity contribution >= 4 is 11.0 Å². The third kappa shape index (κ3) is 2.83. The molecule has 21 heavy (non-hydrogen) atoms. The minimum absolute atomic E-state index is 0.0150. The largest absolute Gasteiger partial charge is 0.342 e. The van der Waals surface area contributed by atoms with Gasteiger partial charge in [-0.15, -0.1) is 0 Å². The van der Waals surface area contributed by atoms with Gasteiger partial charge in [0.1, 0.15) is 5.82 Å². The van der Waals surface area contributed by atoms with E-state index >= 15 is 0 Å². The maximum Gasteiger partial charge on any atom is 0.111 e. The Kier molecular flexibility index (Phi) is 3.52. The van der Waals surface area contributed by atoms with Crippen LogP contribution in [-0.4, -0.2) is 16.5 Å². The van der Waals surface area contributed by atoms with E-state index in [1.807, 2.05) is 6.07 Å². The highest BCUT2D eigenvalue weighted by molar-refractivity contribution is 5.76. The first-order valence-corrected chi connectivity index (χ1v) is 7.31. The molecule has 1 aromatic heterocycles. The number of aromatic amines is 1. The Labute approximate surface area is 125 Å². The summed E-state index contributed by atoms with van der Waals surface area (Å²) in [6, 6.07) is 16.8. The van der Waals surface area contributed by atoms with Crippen molar-refractivity contribution in [2.75, 3.05) is 6.54 Å². The summed E-state index contributed by atoms with van der Waals surface area (Å²) in [5.41, 5.74) is 10.4. The molecule has 3 N–H and O–H groups in total. The third-order valence-corrected chi connectivity index (χ3v) is 4.04. The maximum absolute atomic E-state index is 5.86. The lowest BCUT2D eigenvalue weighted by atomic mass is 9.85. The highest BCUT2D eigenvalue weighted by atomic mass is 14.9. The third-order valence-electron chi connectivity index (χ3n) is 4.04. The van der Waals surface area contributed by atoms with Gasteiger partial charge < -0.3 is 10.7 Å². The van der Waals surface area contributed by atoms with Gasteiger partial charge in [0.05, 0.1) is 11.0 Å². The lowest BCUT2D eigenvalue weighted by molar-refractivity contribution is 0.539. The monoisotopic (exact) mass is 279 g/mol. The summed E-state index contributed by atoms with van der Waals surface area (Å²) in [5, 5.41) is 0. The van der Waals surface area contributed by atoms with Gasteiger partial charge in [0, 0.05) is 18.4 Å². The molecular formula is C18H21N3. The van der Waals surface area contributed by atoms with Crippen LogP contribution in [-0.2, 0) is 11.8 Å². The fraction of sp³-hybridized carbons (Fsp3) is 0.278. The molecular weight excluding hydrogens is 258 g/mol. The minimum Gasteiger partial charge on any atom is -0.342 e. The van der Waals surface area contributed by atoms with Gasteiger partial charge in [-0.05, 0) is 23.3 Å². The fourth-order valence-electron chi connectivity index (χ4n) is 2.47. The van der Waals surface area contributed by atoms with Gasteiger partial charge in [-0.2, -0.15) is 0 Å². The van der Waals surface area contributed by atoms with Crippen LogP contribution in [0.25, 0.3) is 11.0 Å². The Morgan fingerprint density at radius 3 is 2.57 bits per heavy atom. The van der Waals surface area contributed by atoms with Crippen molar-refractivity contribution in [1.82, 2.24) is 9.97 Å². The van der Waals surface area contributed by atoms with Crippen molar-refractivity contribution in [1.29, 1.82) is 0 Å². The number of fused-ring (bicyclic) bond motifs is 1. The molecule has 0 fully saturated rings. The van der Waals surface area contributed by atoms with Crippen LogP contribution < -0.4 is 5.73 Å². The van der Waals surface area contributed by atoms with Gasteiger partial charge in [-0.1, -0.05) is 50.2 Å². The molecule has 3 rings (SSSR count). The standard InChI is InChI=1S/C18H21N3/c1-18(2,12-19)14-8-9-15-16(11-14)21-17(20-15)10-13-6-4-3-5-7-13/h3-9,11H,10,12,19H2,1-2H3,(H,20,21). The number of nitrogens with one attached hydrogen (secondary N) is 1. The Bertz CT molecular complexity index is 742. The number of nitrogens with zero attached hydrogens (tertiary/aromatic N) is 1. The van der Waals surface area contributed by atoms with Gasteiger partial charge >= 0.3 is 0 Å². The number of H-pyrrole nitrogens is 1. The van der Waals surface area contributed by atoms with Crippen LogP contribution >= 0.6 is 0 Å². The second-order valence-electron chi connectivity index (χ2n) is 6.17. The Morgan fingerprint density at radius 1 is 1.10 bits per heavy atom. The summed E-state index contributed by atoms with van der Waals surface area (Å²) >= 11 is 0. The van der Waals surface area contributed by atoms with E-state index in [-0.39, 0.29) is 5.41 Å². The van der Waals surface area contributed by atoms with Gasteiger partial charge in [0.25, 0.3) is 0 Å². The molecule has 3 nitrogen and oxygen atoms in total. The summed E-state index contributed by atoms with van der Waals surface area (Å²) in [6.07, 6.45) is 0.825. The first-order chi connectivity index (χ1) is 10.1. The van der Waals surface area contributed by atoms with Crippen LogP contribution in [0.1, 0.15) is 30.8 Å². The van der Waals surface area contributed by atoms with Gasteiger partial charge in [0.15, 0.2) is 0 Å². The van der Waals surface area contributed by atoms with Crippen molar-refractivity contribution < 1.29 is 0 Å². The van der Waals surface area contributed by atoms with Crippen molar-refractivity contribution in [3.63, 3.8) is 0 Å². The van der Waals surface area contributed by atoms with E-state index in [4.69, 9.17) is 5.73 Å². The molecule has 3 heteroatoms. The van der Waals surface area contributed by atoms with Crippen LogP contribution in [0.5, 0.6) is 0 Å². The minimum atomic E-state index is -0.0150.